The third-order valence-electron chi connectivity index (χ3n) is 4.71. The normalized spacial score (nSPS) is 17.5. The summed E-state index contributed by atoms with van der Waals surface area (Å²) in [4.78, 5) is 26.6. The van der Waals surface area contributed by atoms with E-state index in [9.17, 15) is 9.59 Å². The molecule has 4 rings (SSSR count). The molecule has 0 aromatic heterocycles. The predicted octanol–water partition coefficient (Wildman–Crippen LogP) is 2.99. The summed E-state index contributed by atoms with van der Waals surface area (Å²) >= 11 is 0. The van der Waals surface area contributed by atoms with Gasteiger partial charge in [-0.05, 0) is 36.8 Å². The fourth-order valence-electron chi connectivity index (χ4n) is 3.21. The minimum atomic E-state index is -0.750. The summed E-state index contributed by atoms with van der Waals surface area (Å²) < 4.78 is 16.9. The Balaban J connectivity index is 1.49. The molecule has 0 saturated carbocycles. The smallest absolute Gasteiger partial charge is 0.269 e. The van der Waals surface area contributed by atoms with E-state index in [0.29, 0.717) is 35.2 Å². The maximum atomic E-state index is 12.6. The molecule has 0 bridgehead atoms. The lowest BCUT2D eigenvalue weighted by molar-refractivity contribution is -0.125. The molecule has 0 unspecified atom stereocenters. The molecule has 1 N–H and O–H groups in total. The van der Waals surface area contributed by atoms with Crippen LogP contribution in [0, 0.1) is 0 Å². The number of carbonyl (C=O) groups excluding carboxylic acids is 2. The lowest BCUT2D eigenvalue weighted by atomic mass is 10.2. The van der Waals surface area contributed by atoms with Crippen LogP contribution in [-0.4, -0.2) is 37.7 Å². The first-order chi connectivity index (χ1) is 13.7. The molecule has 1 atom stereocenters. The zero-order valence-electron chi connectivity index (χ0n) is 15.6. The molecule has 7 nitrogen and oxygen atoms in total. The zero-order valence-corrected chi connectivity index (χ0v) is 15.6. The number of anilines is 2. The maximum Gasteiger partial charge on any atom is 0.269 e. The van der Waals surface area contributed by atoms with Crippen molar-refractivity contribution in [2.75, 3.05) is 30.0 Å². The van der Waals surface area contributed by atoms with Gasteiger partial charge in [-0.3, -0.25) is 9.59 Å². The molecule has 0 radical (unpaired) electrons. The van der Waals surface area contributed by atoms with Gasteiger partial charge in [-0.2, -0.15) is 0 Å². The molecular formula is C21H22N2O5. The average molecular weight is 382 g/mol. The molecule has 0 spiro atoms. The van der Waals surface area contributed by atoms with Crippen molar-refractivity contribution in [2.45, 2.75) is 25.9 Å². The van der Waals surface area contributed by atoms with Crippen molar-refractivity contribution in [2.24, 2.45) is 0 Å². The molecule has 2 aromatic carbocycles. The SMILES string of the molecule is CCCCN1C(=O)COc2ccc(NC(=O)[C@@H]3COc4ccccc4O3)cc21. The van der Waals surface area contributed by atoms with Crippen LogP contribution in [0.3, 0.4) is 0 Å². The van der Waals surface area contributed by atoms with Gasteiger partial charge in [0, 0.05) is 12.2 Å². The summed E-state index contributed by atoms with van der Waals surface area (Å²) in [6, 6.07) is 12.5. The number of benzene rings is 2. The van der Waals surface area contributed by atoms with Gasteiger partial charge < -0.3 is 24.4 Å². The van der Waals surface area contributed by atoms with E-state index in [-0.39, 0.29) is 25.0 Å². The summed E-state index contributed by atoms with van der Waals surface area (Å²) in [5.74, 6) is 1.43. The first kappa shape index (κ1) is 18.2. The molecule has 146 valence electrons. The second-order valence-corrected chi connectivity index (χ2v) is 6.72. The molecule has 2 heterocycles. The maximum absolute atomic E-state index is 12.6. The molecule has 28 heavy (non-hydrogen) atoms. The number of hydrogen-bond donors (Lipinski definition) is 1. The molecule has 7 heteroatoms. The topological polar surface area (TPSA) is 77.1 Å². The zero-order chi connectivity index (χ0) is 19.5. The van der Waals surface area contributed by atoms with Gasteiger partial charge in [0.05, 0.1) is 5.69 Å². The van der Waals surface area contributed by atoms with E-state index in [1.54, 1.807) is 35.2 Å². The fourth-order valence-corrected chi connectivity index (χ4v) is 3.21. The Hall–Kier alpha value is -3.22. The number of hydrogen-bond acceptors (Lipinski definition) is 5. The third kappa shape index (κ3) is 3.60. The van der Waals surface area contributed by atoms with E-state index >= 15 is 0 Å². The molecule has 2 aliphatic rings. The quantitative estimate of drug-likeness (QED) is 0.860. The second-order valence-electron chi connectivity index (χ2n) is 6.72. The Morgan fingerprint density at radius 2 is 1.96 bits per heavy atom. The molecule has 0 saturated heterocycles. The van der Waals surface area contributed by atoms with E-state index in [1.165, 1.54) is 0 Å². The number of nitrogens with zero attached hydrogens (tertiary/aromatic N) is 1. The van der Waals surface area contributed by atoms with Crippen molar-refractivity contribution in [3.8, 4) is 17.2 Å². The Morgan fingerprint density at radius 1 is 1.14 bits per heavy atom. The number of para-hydroxylation sites is 2. The van der Waals surface area contributed by atoms with Gasteiger partial charge in [-0.1, -0.05) is 25.5 Å². The highest BCUT2D eigenvalue weighted by molar-refractivity contribution is 6.00. The van der Waals surface area contributed by atoms with Gasteiger partial charge in [-0.15, -0.1) is 0 Å². The van der Waals surface area contributed by atoms with Crippen LogP contribution in [0.1, 0.15) is 19.8 Å². The highest BCUT2D eigenvalue weighted by atomic mass is 16.6. The van der Waals surface area contributed by atoms with E-state index in [1.807, 2.05) is 12.1 Å². The van der Waals surface area contributed by atoms with Gasteiger partial charge in [-0.25, -0.2) is 0 Å². The van der Waals surface area contributed by atoms with E-state index in [4.69, 9.17) is 14.2 Å². The summed E-state index contributed by atoms with van der Waals surface area (Å²) in [5.41, 5.74) is 1.25. The molecule has 0 fully saturated rings. The van der Waals surface area contributed by atoms with Gasteiger partial charge >= 0.3 is 0 Å². The van der Waals surface area contributed by atoms with Crippen LogP contribution in [0.15, 0.2) is 42.5 Å². The standard InChI is InChI=1S/C21H22N2O5/c1-2-3-10-23-15-11-14(8-9-16(15)27-13-20(23)24)22-21(25)19-12-26-17-6-4-5-7-18(17)28-19/h4-9,11,19H,2-3,10,12-13H2,1H3,(H,22,25)/t19-/m0/s1. The number of nitrogens with one attached hydrogen (secondary N) is 1. The van der Waals surface area contributed by atoms with Crippen LogP contribution < -0.4 is 24.4 Å². The highest BCUT2D eigenvalue weighted by Gasteiger charge is 2.29. The Bertz CT molecular complexity index is 898. The molecule has 0 aliphatic carbocycles. The minimum absolute atomic E-state index is 0.0368. The largest absolute Gasteiger partial charge is 0.485 e. The van der Waals surface area contributed by atoms with Crippen LogP contribution in [0.5, 0.6) is 17.2 Å². The minimum Gasteiger partial charge on any atom is -0.485 e. The first-order valence-electron chi connectivity index (χ1n) is 9.42. The Kier molecular flexibility index (Phi) is 5.06. The number of ether oxygens (including phenoxy) is 3. The summed E-state index contributed by atoms with van der Waals surface area (Å²) in [6.07, 6.45) is 1.13. The van der Waals surface area contributed by atoms with Crippen LogP contribution in [0.2, 0.25) is 0 Å². The van der Waals surface area contributed by atoms with Crippen molar-refractivity contribution >= 4 is 23.2 Å². The molecule has 2 aromatic rings. The van der Waals surface area contributed by atoms with Crippen LogP contribution in [-0.2, 0) is 9.59 Å². The first-order valence-corrected chi connectivity index (χ1v) is 9.42. The van der Waals surface area contributed by atoms with Crippen molar-refractivity contribution in [1.82, 2.24) is 0 Å². The molecule has 2 amide bonds. The van der Waals surface area contributed by atoms with Crippen LogP contribution in [0.25, 0.3) is 0 Å². The Morgan fingerprint density at radius 3 is 2.79 bits per heavy atom. The van der Waals surface area contributed by atoms with E-state index in [2.05, 4.69) is 12.2 Å². The van der Waals surface area contributed by atoms with E-state index < -0.39 is 6.10 Å². The second kappa shape index (κ2) is 7.80. The summed E-state index contributed by atoms with van der Waals surface area (Å²) in [6.45, 7) is 2.87. The lowest BCUT2D eigenvalue weighted by Crippen LogP contribution is -2.41. The lowest BCUT2D eigenvalue weighted by Gasteiger charge is -2.30. The number of amides is 2. The highest BCUT2D eigenvalue weighted by Crippen LogP contribution is 2.35. The van der Waals surface area contributed by atoms with Gasteiger partial charge in [0.25, 0.3) is 11.8 Å². The average Bonchev–Trinajstić information content (AvgIpc) is 2.72. The number of fused-ring (bicyclic) bond motifs is 2. The van der Waals surface area contributed by atoms with Gasteiger partial charge in [0.1, 0.15) is 12.4 Å². The van der Waals surface area contributed by atoms with Gasteiger partial charge in [0.2, 0.25) is 6.10 Å². The predicted molar refractivity (Wildman–Crippen MR) is 104 cm³/mol. The summed E-state index contributed by atoms with van der Waals surface area (Å²) in [5, 5.41) is 2.85. The third-order valence-corrected chi connectivity index (χ3v) is 4.71. The van der Waals surface area contributed by atoms with Crippen molar-refractivity contribution < 1.29 is 23.8 Å². The Labute approximate surface area is 163 Å². The van der Waals surface area contributed by atoms with Gasteiger partial charge in [0.15, 0.2) is 18.1 Å². The van der Waals surface area contributed by atoms with Crippen LogP contribution in [0.4, 0.5) is 11.4 Å². The van der Waals surface area contributed by atoms with Crippen LogP contribution >= 0.6 is 0 Å². The number of rotatable bonds is 5. The number of unbranched alkanes of at least 4 members (excludes halogenated alkanes) is 1. The monoisotopic (exact) mass is 382 g/mol. The van der Waals surface area contributed by atoms with E-state index in [0.717, 1.165) is 12.8 Å². The molecule has 2 aliphatic heterocycles. The van der Waals surface area contributed by atoms with Crippen molar-refractivity contribution in [1.29, 1.82) is 0 Å². The number of carbonyl (C=O) groups is 2. The van der Waals surface area contributed by atoms with Crippen molar-refractivity contribution in [3.05, 3.63) is 42.5 Å². The fraction of sp³-hybridized carbons (Fsp3) is 0.333. The summed E-state index contributed by atoms with van der Waals surface area (Å²) in [7, 11) is 0. The molecular weight excluding hydrogens is 360 g/mol. The van der Waals surface area contributed by atoms with Crippen molar-refractivity contribution in [3.63, 3.8) is 0 Å².